The van der Waals surface area contributed by atoms with Gasteiger partial charge in [-0.15, -0.1) is 0 Å². The van der Waals surface area contributed by atoms with Crippen molar-refractivity contribution in [1.29, 1.82) is 0 Å². The van der Waals surface area contributed by atoms with Crippen LogP contribution < -0.4 is 10.9 Å². The molecular weight excluding hydrogens is 320 g/mol. The third kappa shape index (κ3) is 3.70. The van der Waals surface area contributed by atoms with Crippen molar-refractivity contribution >= 4 is 5.91 Å². The number of hydrogen-bond acceptors (Lipinski definition) is 4. The van der Waals surface area contributed by atoms with Gasteiger partial charge in [0.15, 0.2) is 0 Å². The Morgan fingerprint density at radius 2 is 1.96 bits per heavy atom. The molecule has 6 nitrogen and oxygen atoms in total. The number of benzene rings is 1. The summed E-state index contributed by atoms with van der Waals surface area (Å²) in [6.07, 6.45) is 2.30. The molecule has 2 heterocycles. The van der Waals surface area contributed by atoms with Crippen LogP contribution in [0, 0.1) is 0 Å². The summed E-state index contributed by atoms with van der Waals surface area (Å²) in [7, 11) is 1.58. The Morgan fingerprint density at radius 1 is 1.20 bits per heavy atom. The van der Waals surface area contributed by atoms with Gasteiger partial charge in [0.1, 0.15) is 11.3 Å². The summed E-state index contributed by atoms with van der Waals surface area (Å²) >= 11 is 0. The first-order valence-electron chi connectivity index (χ1n) is 7.82. The highest BCUT2D eigenvalue weighted by Crippen LogP contribution is 2.22. The van der Waals surface area contributed by atoms with Crippen LogP contribution in [-0.2, 0) is 7.05 Å². The van der Waals surface area contributed by atoms with E-state index in [9.17, 15) is 14.7 Å². The van der Waals surface area contributed by atoms with Crippen LogP contribution >= 0.6 is 0 Å². The Morgan fingerprint density at radius 3 is 2.64 bits per heavy atom. The molecule has 0 spiro atoms. The minimum Gasteiger partial charge on any atom is -0.464 e. The van der Waals surface area contributed by atoms with Gasteiger partial charge in [0, 0.05) is 25.4 Å². The van der Waals surface area contributed by atoms with E-state index in [4.69, 9.17) is 4.42 Å². The number of furan rings is 1. The van der Waals surface area contributed by atoms with Gasteiger partial charge < -0.3 is 19.4 Å². The summed E-state index contributed by atoms with van der Waals surface area (Å²) in [5.41, 5.74) is 1.23. The number of aromatic nitrogens is 1. The third-order valence-corrected chi connectivity index (χ3v) is 3.93. The molecule has 6 heteroatoms. The van der Waals surface area contributed by atoms with E-state index < -0.39 is 12.0 Å². The van der Waals surface area contributed by atoms with Gasteiger partial charge in [-0.2, -0.15) is 0 Å². The van der Waals surface area contributed by atoms with Gasteiger partial charge in [-0.25, -0.2) is 0 Å². The fraction of sp³-hybridized carbons (Fsp3) is 0.158. The van der Waals surface area contributed by atoms with Gasteiger partial charge in [0.05, 0.1) is 12.4 Å². The largest absolute Gasteiger partial charge is 0.464 e. The number of aliphatic hydroxyl groups is 1. The van der Waals surface area contributed by atoms with Gasteiger partial charge in [0.2, 0.25) is 0 Å². The van der Waals surface area contributed by atoms with Crippen molar-refractivity contribution in [3.63, 3.8) is 0 Å². The molecule has 0 saturated heterocycles. The average Bonchev–Trinajstić information content (AvgIpc) is 3.16. The SMILES string of the molecule is Cn1cccc(C(=O)NC[C@@H](O)c2ccc(-c3ccco3)cc2)c1=O. The van der Waals surface area contributed by atoms with E-state index in [1.54, 1.807) is 37.7 Å². The first-order chi connectivity index (χ1) is 12.1. The predicted octanol–water partition coefficient (Wildman–Crippen LogP) is 2.11. The summed E-state index contributed by atoms with van der Waals surface area (Å²) in [5.74, 6) is 0.238. The number of carbonyl (C=O) groups is 1. The Bertz CT molecular complexity index is 911. The maximum atomic E-state index is 12.1. The summed E-state index contributed by atoms with van der Waals surface area (Å²) in [4.78, 5) is 24.0. The highest BCUT2D eigenvalue weighted by atomic mass is 16.3. The Kier molecular flexibility index (Phi) is 4.81. The molecule has 0 saturated carbocycles. The molecule has 0 radical (unpaired) electrons. The van der Waals surface area contributed by atoms with E-state index in [1.165, 1.54) is 10.6 Å². The van der Waals surface area contributed by atoms with Gasteiger partial charge in [-0.05, 0) is 29.8 Å². The van der Waals surface area contributed by atoms with Crippen molar-refractivity contribution in [2.24, 2.45) is 7.05 Å². The van der Waals surface area contributed by atoms with Crippen LogP contribution in [0.5, 0.6) is 0 Å². The Balaban J connectivity index is 1.64. The topological polar surface area (TPSA) is 84.5 Å². The van der Waals surface area contributed by atoms with Crippen molar-refractivity contribution in [3.05, 3.63) is 82.5 Å². The molecule has 2 aromatic heterocycles. The lowest BCUT2D eigenvalue weighted by atomic mass is 10.1. The van der Waals surface area contributed by atoms with E-state index in [0.717, 1.165) is 11.3 Å². The Hall–Kier alpha value is -3.12. The molecule has 0 aliphatic rings. The number of aliphatic hydroxyl groups excluding tert-OH is 1. The number of amides is 1. The standard InChI is InChI=1S/C19H18N2O4/c1-21-10-2-4-15(19(21)24)18(23)20-12-16(22)13-6-8-14(9-7-13)17-5-3-11-25-17/h2-11,16,22H,12H2,1H3,(H,20,23)/t16-/m1/s1. The molecule has 0 aliphatic carbocycles. The number of nitrogens with one attached hydrogen (secondary N) is 1. The van der Waals surface area contributed by atoms with Crippen molar-refractivity contribution < 1.29 is 14.3 Å². The summed E-state index contributed by atoms with van der Waals surface area (Å²) in [5, 5.41) is 12.8. The molecule has 2 N–H and O–H groups in total. The van der Waals surface area contributed by atoms with E-state index in [-0.39, 0.29) is 17.7 Å². The van der Waals surface area contributed by atoms with E-state index in [2.05, 4.69) is 5.32 Å². The van der Waals surface area contributed by atoms with Crippen molar-refractivity contribution in [3.8, 4) is 11.3 Å². The van der Waals surface area contributed by atoms with Crippen LogP contribution in [0.4, 0.5) is 0 Å². The fourth-order valence-electron chi connectivity index (χ4n) is 2.48. The molecule has 0 aliphatic heterocycles. The maximum Gasteiger partial charge on any atom is 0.263 e. The second kappa shape index (κ2) is 7.19. The maximum absolute atomic E-state index is 12.1. The molecule has 0 bridgehead atoms. The minimum atomic E-state index is -0.873. The second-order valence-electron chi connectivity index (χ2n) is 5.66. The number of hydrogen-bond donors (Lipinski definition) is 2. The minimum absolute atomic E-state index is 0.0109. The molecule has 1 atom stereocenters. The highest BCUT2D eigenvalue weighted by molar-refractivity contribution is 5.93. The van der Waals surface area contributed by atoms with E-state index >= 15 is 0 Å². The number of pyridine rings is 1. The quantitative estimate of drug-likeness (QED) is 0.746. The van der Waals surface area contributed by atoms with Gasteiger partial charge in [-0.1, -0.05) is 24.3 Å². The lowest BCUT2D eigenvalue weighted by molar-refractivity contribution is 0.0914. The molecule has 3 rings (SSSR count). The first-order valence-corrected chi connectivity index (χ1v) is 7.82. The zero-order valence-electron chi connectivity index (χ0n) is 13.7. The normalized spacial score (nSPS) is 11.9. The zero-order valence-corrected chi connectivity index (χ0v) is 13.7. The lowest BCUT2D eigenvalue weighted by Gasteiger charge is -2.13. The molecule has 3 aromatic rings. The predicted molar refractivity (Wildman–Crippen MR) is 93.1 cm³/mol. The number of carbonyl (C=O) groups excluding carboxylic acids is 1. The molecule has 1 aromatic carbocycles. The van der Waals surface area contributed by atoms with Crippen molar-refractivity contribution in [2.45, 2.75) is 6.10 Å². The third-order valence-electron chi connectivity index (χ3n) is 3.93. The molecule has 25 heavy (non-hydrogen) atoms. The lowest BCUT2D eigenvalue weighted by Crippen LogP contribution is -2.34. The first kappa shape index (κ1) is 16.7. The zero-order chi connectivity index (χ0) is 17.8. The molecule has 0 fully saturated rings. The van der Waals surface area contributed by atoms with Crippen LogP contribution in [0.25, 0.3) is 11.3 Å². The van der Waals surface area contributed by atoms with Gasteiger partial charge >= 0.3 is 0 Å². The van der Waals surface area contributed by atoms with Crippen LogP contribution in [0.15, 0.2) is 70.2 Å². The average molecular weight is 338 g/mol. The second-order valence-corrected chi connectivity index (χ2v) is 5.66. The summed E-state index contributed by atoms with van der Waals surface area (Å²) < 4.78 is 6.65. The number of aryl methyl sites for hydroxylation is 1. The number of rotatable bonds is 5. The monoisotopic (exact) mass is 338 g/mol. The van der Waals surface area contributed by atoms with Gasteiger partial charge in [-0.3, -0.25) is 9.59 Å². The fourth-order valence-corrected chi connectivity index (χ4v) is 2.48. The smallest absolute Gasteiger partial charge is 0.263 e. The van der Waals surface area contributed by atoms with Crippen LogP contribution in [0.1, 0.15) is 22.0 Å². The summed E-state index contributed by atoms with van der Waals surface area (Å²) in [6, 6.07) is 14.0. The molecule has 1 amide bonds. The van der Waals surface area contributed by atoms with Crippen molar-refractivity contribution in [2.75, 3.05) is 6.54 Å². The van der Waals surface area contributed by atoms with Crippen LogP contribution in [0.3, 0.4) is 0 Å². The van der Waals surface area contributed by atoms with Crippen molar-refractivity contribution in [1.82, 2.24) is 9.88 Å². The molecular formula is C19H18N2O4. The summed E-state index contributed by atoms with van der Waals surface area (Å²) in [6.45, 7) is 0.0109. The van der Waals surface area contributed by atoms with E-state index in [1.807, 2.05) is 24.3 Å². The number of nitrogens with zero attached hydrogens (tertiary/aromatic N) is 1. The Labute approximate surface area is 144 Å². The van der Waals surface area contributed by atoms with E-state index in [0.29, 0.717) is 5.56 Å². The molecule has 0 unspecified atom stereocenters. The van der Waals surface area contributed by atoms with Crippen LogP contribution in [-0.4, -0.2) is 22.1 Å². The molecule has 128 valence electrons. The van der Waals surface area contributed by atoms with Gasteiger partial charge in [0.25, 0.3) is 11.5 Å². The van der Waals surface area contributed by atoms with Crippen LogP contribution in [0.2, 0.25) is 0 Å². The highest BCUT2D eigenvalue weighted by Gasteiger charge is 2.14.